The number of hydrogen-bond acceptors (Lipinski definition) is 2. The fourth-order valence-electron chi connectivity index (χ4n) is 1.19. The fraction of sp³-hybridized carbons (Fsp3) is 0.400. The van der Waals surface area contributed by atoms with Crippen LogP contribution in [0, 0.1) is 0 Å². The van der Waals surface area contributed by atoms with Crippen molar-refractivity contribution in [1.82, 2.24) is 0 Å². The molecule has 0 spiro atoms. The van der Waals surface area contributed by atoms with E-state index in [1.165, 1.54) is 0 Å². The van der Waals surface area contributed by atoms with Crippen LogP contribution in [-0.4, -0.2) is 19.5 Å². The maximum Gasteiger partial charge on any atom is 0.162 e. The Kier molecular flexibility index (Phi) is 4.55. The molecule has 2 nitrogen and oxygen atoms in total. The summed E-state index contributed by atoms with van der Waals surface area (Å²) < 4.78 is 10.3. The summed E-state index contributed by atoms with van der Waals surface area (Å²) in [5, 5.41) is 1.59. The molecule has 0 saturated heterocycles. The largest absolute Gasteiger partial charge is 0.493 e. The van der Waals surface area contributed by atoms with Crippen LogP contribution in [0.2, 0.25) is 5.02 Å². The molecule has 4 heteroatoms. The number of rotatable bonds is 4. The van der Waals surface area contributed by atoms with Gasteiger partial charge in [-0.1, -0.05) is 27.5 Å². The van der Waals surface area contributed by atoms with Crippen molar-refractivity contribution in [1.29, 1.82) is 0 Å². The zero-order valence-electron chi connectivity index (χ0n) is 8.14. The maximum atomic E-state index is 6.06. The molecular weight excluding hydrogens is 267 g/mol. The van der Waals surface area contributed by atoms with Crippen LogP contribution in [0.25, 0.3) is 0 Å². The standard InChI is InChI=1S/C10H12BrClO2/c1-13-9-5-7(3-4-11)8(12)6-10(9)14-2/h5-6H,3-4H2,1-2H3. The number of methoxy groups -OCH3 is 2. The summed E-state index contributed by atoms with van der Waals surface area (Å²) in [4.78, 5) is 0. The molecule has 0 atom stereocenters. The van der Waals surface area contributed by atoms with Crippen molar-refractivity contribution in [3.63, 3.8) is 0 Å². The minimum Gasteiger partial charge on any atom is -0.493 e. The van der Waals surface area contributed by atoms with Crippen LogP contribution in [0.5, 0.6) is 11.5 Å². The molecule has 0 aromatic heterocycles. The van der Waals surface area contributed by atoms with Crippen molar-refractivity contribution in [3.8, 4) is 11.5 Å². The van der Waals surface area contributed by atoms with Crippen LogP contribution in [-0.2, 0) is 6.42 Å². The lowest BCUT2D eigenvalue weighted by Crippen LogP contribution is -1.94. The van der Waals surface area contributed by atoms with Gasteiger partial charge >= 0.3 is 0 Å². The lowest BCUT2D eigenvalue weighted by atomic mass is 10.1. The normalized spacial score (nSPS) is 10.0. The van der Waals surface area contributed by atoms with Crippen molar-refractivity contribution in [2.45, 2.75) is 6.42 Å². The highest BCUT2D eigenvalue weighted by Crippen LogP contribution is 2.33. The highest BCUT2D eigenvalue weighted by atomic mass is 79.9. The molecule has 1 rings (SSSR count). The van der Waals surface area contributed by atoms with E-state index in [-0.39, 0.29) is 0 Å². The Balaban J connectivity index is 3.09. The quantitative estimate of drug-likeness (QED) is 0.787. The van der Waals surface area contributed by atoms with Gasteiger partial charge < -0.3 is 9.47 Å². The molecule has 0 heterocycles. The smallest absolute Gasteiger partial charge is 0.162 e. The summed E-state index contributed by atoms with van der Waals surface area (Å²) in [5.41, 5.74) is 1.06. The Bertz CT molecular complexity index is 315. The molecule has 0 N–H and O–H groups in total. The molecule has 0 aliphatic rings. The Morgan fingerprint density at radius 2 is 1.79 bits per heavy atom. The first kappa shape index (κ1) is 11.7. The molecule has 1 aromatic rings. The van der Waals surface area contributed by atoms with Gasteiger partial charge in [0, 0.05) is 16.4 Å². The predicted molar refractivity (Wildman–Crippen MR) is 62.1 cm³/mol. The highest BCUT2D eigenvalue weighted by Gasteiger charge is 2.08. The van der Waals surface area contributed by atoms with E-state index in [2.05, 4.69) is 15.9 Å². The molecule has 0 aliphatic heterocycles. The molecule has 0 radical (unpaired) electrons. The Labute approximate surface area is 97.3 Å². The average Bonchev–Trinajstić information content (AvgIpc) is 2.20. The second kappa shape index (κ2) is 5.47. The Morgan fingerprint density at radius 3 is 2.29 bits per heavy atom. The number of aryl methyl sites for hydroxylation is 1. The van der Waals surface area contributed by atoms with Gasteiger partial charge in [-0.2, -0.15) is 0 Å². The van der Waals surface area contributed by atoms with Gasteiger partial charge in [0.25, 0.3) is 0 Å². The van der Waals surface area contributed by atoms with Crippen molar-refractivity contribution >= 4 is 27.5 Å². The van der Waals surface area contributed by atoms with Gasteiger partial charge in [-0.25, -0.2) is 0 Å². The molecule has 0 fully saturated rings. The predicted octanol–water partition coefficient (Wildman–Crippen LogP) is 3.29. The van der Waals surface area contributed by atoms with Crippen molar-refractivity contribution in [2.24, 2.45) is 0 Å². The molecular formula is C10H12BrClO2. The Hall–Kier alpha value is -0.410. The van der Waals surface area contributed by atoms with Crippen LogP contribution in [0.15, 0.2) is 12.1 Å². The average molecular weight is 280 g/mol. The van der Waals surface area contributed by atoms with Gasteiger partial charge in [0.2, 0.25) is 0 Å². The summed E-state index contributed by atoms with van der Waals surface area (Å²) in [6.45, 7) is 0. The SMILES string of the molecule is COc1cc(Cl)c(CCBr)cc1OC. The summed E-state index contributed by atoms with van der Waals surface area (Å²) in [6.07, 6.45) is 0.874. The first-order valence-electron chi connectivity index (χ1n) is 4.19. The summed E-state index contributed by atoms with van der Waals surface area (Å²) in [5.74, 6) is 1.38. The molecule has 0 amide bonds. The summed E-state index contributed by atoms with van der Waals surface area (Å²) in [6, 6.07) is 3.68. The number of alkyl halides is 1. The van der Waals surface area contributed by atoms with E-state index in [1.54, 1.807) is 20.3 Å². The third-order valence-electron chi connectivity index (χ3n) is 1.92. The molecule has 14 heavy (non-hydrogen) atoms. The zero-order chi connectivity index (χ0) is 10.6. The van der Waals surface area contributed by atoms with E-state index in [9.17, 15) is 0 Å². The van der Waals surface area contributed by atoms with Gasteiger partial charge in [0.15, 0.2) is 11.5 Å². The van der Waals surface area contributed by atoms with Crippen molar-refractivity contribution in [2.75, 3.05) is 19.5 Å². The van der Waals surface area contributed by atoms with Crippen LogP contribution >= 0.6 is 27.5 Å². The number of hydrogen-bond donors (Lipinski definition) is 0. The van der Waals surface area contributed by atoms with E-state index in [1.807, 2.05) is 6.07 Å². The fourth-order valence-corrected chi connectivity index (χ4v) is 1.86. The zero-order valence-corrected chi connectivity index (χ0v) is 10.5. The van der Waals surface area contributed by atoms with E-state index >= 15 is 0 Å². The van der Waals surface area contributed by atoms with Gasteiger partial charge in [-0.3, -0.25) is 0 Å². The summed E-state index contributed by atoms with van der Waals surface area (Å²) >= 11 is 9.43. The Morgan fingerprint density at radius 1 is 1.21 bits per heavy atom. The second-order valence-corrected chi connectivity index (χ2v) is 3.94. The van der Waals surface area contributed by atoms with Crippen LogP contribution in [0.4, 0.5) is 0 Å². The second-order valence-electron chi connectivity index (χ2n) is 2.74. The van der Waals surface area contributed by atoms with Crippen molar-refractivity contribution < 1.29 is 9.47 Å². The molecule has 0 saturated carbocycles. The first-order valence-corrected chi connectivity index (χ1v) is 5.69. The minimum atomic E-state index is 0.663. The third kappa shape index (κ3) is 2.55. The van der Waals surface area contributed by atoms with Crippen molar-refractivity contribution in [3.05, 3.63) is 22.7 Å². The van der Waals surface area contributed by atoms with Crippen LogP contribution < -0.4 is 9.47 Å². The molecule has 0 unspecified atom stereocenters. The summed E-state index contributed by atoms with van der Waals surface area (Å²) in [7, 11) is 3.21. The first-order chi connectivity index (χ1) is 6.72. The number of ether oxygens (including phenoxy) is 2. The monoisotopic (exact) mass is 278 g/mol. The van der Waals surface area contributed by atoms with Crippen LogP contribution in [0.1, 0.15) is 5.56 Å². The lowest BCUT2D eigenvalue weighted by Gasteiger charge is -2.10. The number of benzene rings is 1. The lowest BCUT2D eigenvalue weighted by molar-refractivity contribution is 0.354. The topological polar surface area (TPSA) is 18.5 Å². The van der Waals surface area contributed by atoms with E-state index in [0.29, 0.717) is 16.5 Å². The van der Waals surface area contributed by atoms with Gasteiger partial charge in [0.1, 0.15) is 0 Å². The van der Waals surface area contributed by atoms with Gasteiger partial charge in [0.05, 0.1) is 14.2 Å². The van der Waals surface area contributed by atoms with E-state index < -0.39 is 0 Å². The van der Waals surface area contributed by atoms with Crippen LogP contribution in [0.3, 0.4) is 0 Å². The maximum absolute atomic E-state index is 6.06. The molecule has 0 aliphatic carbocycles. The van der Waals surface area contributed by atoms with E-state index in [4.69, 9.17) is 21.1 Å². The molecule has 0 bridgehead atoms. The number of halogens is 2. The minimum absolute atomic E-state index is 0.663. The molecule has 78 valence electrons. The molecule has 1 aromatic carbocycles. The van der Waals surface area contributed by atoms with E-state index in [0.717, 1.165) is 17.3 Å². The highest BCUT2D eigenvalue weighted by molar-refractivity contribution is 9.09. The third-order valence-corrected chi connectivity index (χ3v) is 2.66. The van der Waals surface area contributed by atoms with Gasteiger partial charge in [-0.15, -0.1) is 0 Å². The van der Waals surface area contributed by atoms with Gasteiger partial charge in [-0.05, 0) is 18.1 Å².